The van der Waals surface area contributed by atoms with Gasteiger partial charge in [0, 0.05) is 36.2 Å². The second-order valence-electron chi connectivity index (χ2n) is 5.38. The van der Waals surface area contributed by atoms with Gasteiger partial charge in [-0.15, -0.1) is 11.6 Å². The number of nitrogens with zero attached hydrogens (tertiary/aromatic N) is 2. The first kappa shape index (κ1) is 15.8. The molecule has 0 bridgehead atoms. The van der Waals surface area contributed by atoms with E-state index in [2.05, 4.69) is 0 Å². The Kier molecular flexibility index (Phi) is 5.17. The Morgan fingerprint density at radius 3 is 2.67 bits per heavy atom. The van der Waals surface area contributed by atoms with E-state index in [1.54, 1.807) is 13.0 Å². The average Bonchev–Trinajstić information content (AvgIpc) is 2.40. The fraction of sp³-hybridized carbons (Fsp3) is 0.533. The molecule has 2 rings (SSSR count). The molecule has 0 radical (unpaired) electrons. The highest BCUT2D eigenvalue weighted by Gasteiger charge is 2.29. The summed E-state index contributed by atoms with van der Waals surface area (Å²) in [4.78, 5) is 24.9. The van der Waals surface area contributed by atoms with E-state index in [9.17, 15) is 14.9 Å². The normalized spacial score (nSPS) is 14.6. The highest BCUT2D eigenvalue weighted by molar-refractivity contribution is 6.17. The maximum Gasteiger partial charge on any atom is 0.269 e. The summed E-state index contributed by atoms with van der Waals surface area (Å²) in [5, 5.41) is 10.8. The van der Waals surface area contributed by atoms with Crippen molar-refractivity contribution in [2.24, 2.45) is 0 Å². The van der Waals surface area contributed by atoms with Crippen LogP contribution >= 0.6 is 11.6 Å². The number of carbonyl (C=O) groups is 1. The number of benzene rings is 1. The van der Waals surface area contributed by atoms with Crippen molar-refractivity contribution in [1.82, 2.24) is 4.90 Å². The Morgan fingerprint density at radius 2 is 2.19 bits per heavy atom. The van der Waals surface area contributed by atoms with Crippen LogP contribution in [0.4, 0.5) is 5.69 Å². The molecule has 0 heterocycles. The fourth-order valence-electron chi connectivity index (χ4n) is 2.53. The highest BCUT2D eigenvalue weighted by Crippen LogP contribution is 2.28. The summed E-state index contributed by atoms with van der Waals surface area (Å²) in [7, 11) is 0. The van der Waals surface area contributed by atoms with Gasteiger partial charge in [0.2, 0.25) is 0 Å². The van der Waals surface area contributed by atoms with E-state index in [-0.39, 0.29) is 17.6 Å². The molecule has 0 unspecified atom stereocenters. The van der Waals surface area contributed by atoms with Crippen molar-refractivity contribution in [1.29, 1.82) is 0 Å². The summed E-state index contributed by atoms with van der Waals surface area (Å²) in [6.45, 7) is 2.38. The molecule has 1 amide bonds. The molecule has 0 atom stereocenters. The van der Waals surface area contributed by atoms with Gasteiger partial charge in [-0.1, -0.05) is 0 Å². The predicted molar refractivity (Wildman–Crippen MR) is 81.8 cm³/mol. The summed E-state index contributed by atoms with van der Waals surface area (Å²) in [6, 6.07) is 4.69. The van der Waals surface area contributed by atoms with Crippen molar-refractivity contribution in [3.05, 3.63) is 39.4 Å². The number of amides is 1. The number of nitro groups is 1. The Labute approximate surface area is 129 Å². The Morgan fingerprint density at radius 1 is 1.48 bits per heavy atom. The van der Waals surface area contributed by atoms with Gasteiger partial charge in [-0.25, -0.2) is 0 Å². The summed E-state index contributed by atoms with van der Waals surface area (Å²) >= 11 is 5.74. The lowest BCUT2D eigenvalue weighted by Gasteiger charge is -2.38. The predicted octanol–water partition coefficient (Wildman–Crippen LogP) is 3.53. The molecule has 6 heteroatoms. The second-order valence-corrected chi connectivity index (χ2v) is 5.76. The van der Waals surface area contributed by atoms with Gasteiger partial charge in [0.25, 0.3) is 11.6 Å². The lowest BCUT2D eigenvalue weighted by Crippen LogP contribution is -2.45. The SMILES string of the molecule is Cc1cc([N+](=O)[O-])ccc1C(=O)N(CCCCl)C1CCC1. The zero-order valence-corrected chi connectivity index (χ0v) is 12.8. The summed E-state index contributed by atoms with van der Waals surface area (Å²) < 4.78 is 0. The van der Waals surface area contributed by atoms with Crippen LogP contribution in [0.25, 0.3) is 0 Å². The zero-order valence-electron chi connectivity index (χ0n) is 12.0. The molecule has 1 aromatic carbocycles. The minimum Gasteiger partial charge on any atom is -0.336 e. The molecule has 0 saturated heterocycles. The number of rotatable bonds is 6. The number of non-ortho nitro benzene ring substituents is 1. The number of carbonyl (C=O) groups excluding carboxylic acids is 1. The number of alkyl halides is 1. The quantitative estimate of drug-likeness (QED) is 0.459. The smallest absolute Gasteiger partial charge is 0.269 e. The molecule has 1 aliphatic rings. The van der Waals surface area contributed by atoms with Crippen LogP contribution in [0.3, 0.4) is 0 Å². The van der Waals surface area contributed by atoms with Crippen molar-refractivity contribution in [3.63, 3.8) is 0 Å². The van der Waals surface area contributed by atoms with Gasteiger partial charge in [0.1, 0.15) is 0 Å². The van der Waals surface area contributed by atoms with E-state index in [4.69, 9.17) is 11.6 Å². The van der Waals surface area contributed by atoms with Crippen LogP contribution in [0.1, 0.15) is 41.6 Å². The van der Waals surface area contributed by atoms with Crippen molar-refractivity contribution < 1.29 is 9.72 Å². The molecule has 0 N–H and O–H groups in total. The third-order valence-corrected chi connectivity index (χ3v) is 4.23. The van der Waals surface area contributed by atoms with E-state index < -0.39 is 4.92 Å². The topological polar surface area (TPSA) is 63.5 Å². The van der Waals surface area contributed by atoms with Crippen molar-refractivity contribution >= 4 is 23.2 Å². The van der Waals surface area contributed by atoms with Crippen LogP contribution in [-0.4, -0.2) is 34.2 Å². The minimum absolute atomic E-state index is 0.0139. The third kappa shape index (κ3) is 3.53. The summed E-state index contributed by atoms with van der Waals surface area (Å²) in [6.07, 6.45) is 3.96. The monoisotopic (exact) mass is 310 g/mol. The molecule has 21 heavy (non-hydrogen) atoms. The number of nitro benzene ring substituents is 1. The van der Waals surface area contributed by atoms with Gasteiger partial charge < -0.3 is 4.90 Å². The van der Waals surface area contributed by atoms with Crippen LogP contribution in [0, 0.1) is 17.0 Å². The number of halogens is 1. The molecule has 0 aromatic heterocycles. The Hall–Kier alpha value is -1.62. The fourth-order valence-corrected chi connectivity index (χ4v) is 2.65. The first-order valence-corrected chi connectivity index (χ1v) is 7.70. The highest BCUT2D eigenvalue weighted by atomic mass is 35.5. The van der Waals surface area contributed by atoms with Crippen LogP contribution in [0.15, 0.2) is 18.2 Å². The largest absolute Gasteiger partial charge is 0.336 e. The van der Waals surface area contributed by atoms with Gasteiger partial charge in [-0.2, -0.15) is 0 Å². The van der Waals surface area contributed by atoms with Crippen LogP contribution in [0.5, 0.6) is 0 Å². The first-order valence-electron chi connectivity index (χ1n) is 7.16. The summed E-state index contributed by atoms with van der Waals surface area (Å²) in [5.74, 6) is 0.479. The van der Waals surface area contributed by atoms with Crippen molar-refractivity contribution in [2.45, 2.75) is 38.6 Å². The van der Waals surface area contributed by atoms with Crippen molar-refractivity contribution in [3.8, 4) is 0 Å². The maximum absolute atomic E-state index is 12.7. The maximum atomic E-state index is 12.7. The van der Waals surface area contributed by atoms with Gasteiger partial charge in [-0.3, -0.25) is 14.9 Å². The van der Waals surface area contributed by atoms with Crippen LogP contribution < -0.4 is 0 Å². The van der Waals surface area contributed by atoms with E-state index in [1.807, 2.05) is 4.90 Å². The van der Waals surface area contributed by atoms with Crippen LogP contribution in [0.2, 0.25) is 0 Å². The Bertz CT molecular complexity index is 544. The van der Waals surface area contributed by atoms with Gasteiger partial charge in [0.15, 0.2) is 0 Å². The molecule has 1 aliphatic carbocycles. The molecule has 1 saturated carbocycles. The van der Waals surface area contributed by atoms with Gasteiger partial charge in [-0.05, 0) is 44.2 Å². The molecular weight excluding hydrogens is 292 g/mol. The molecule has 5 nitrogen and oxygen atoms in total. The molecule has 0 spiro atoms. The molecule has 1 aromatic rings. The van der Waals surface area contributed by atoms with Crippen molar-refractivity contribution in [2.75, 3.05) is 12.4 Å². The second kappa shape index (κ2) is 6.89. The summed E-state index contributed by atoms with van der Waals surface area (Å²) in [5.41, 5.74) is 1.20. The minimum atomic E-state index is -0.446. The standard InChI is InChI=1S/C15H19ClN2O3/c1-11-10-13(18(20)21)6-7-14(11)15(19)17(9-3-8-16)12-4-2-5-12/h6-7,10,12H,2-5,8-9H2,1H3. The average molecular weight is 311 g/mol. The number of hydrogen-bond acceptors (Lipinski definition) is 3. The van der Waals surface area contributed by atoms with Gasteiger partial charge >= 0.3 is 0 Å². The Balaban J connectivity index is 2.21. The number of aryl methyl sites for hydroxylation is 1. The lowest BCUT2D eigenvalue weighted by atomic mass is 9.90. The molecular formula is C15H19ClN2O3. The first-order chi connectivity index (χ1) is 10.0. The van der Waals surface area contributed by atoms with E-state index in [0.717, 1.165) is 25.7 Å². The van der Waals surface area contributed by atoms with E-state index >= 15 is 0 Å². The van der Waals surface area contributed by atoms with Gasteiger partial charge in [0.05, 0.1) is 4.92 Å². The lowest BCUT2D eigenvalue weighted by molar-refractivity contribution is -0.384. The van der Waals surface area contributed by atoms with E-state index in [0.29, 0.717) is 23.6 Å². The number of hydrogen-bond donors (Lipinski definition) is 0. The molecule has 114 valence electrons. The zero-order chi connectivity index (χ0) is 15.4. The molecule has 0 aliphatic heterocycles. The van der Waals surface area contributed by atoms with E-state index in [1.165, 1.54) is 12.1 Å². The third-order valence-electron chi connectivity index (χ3n) is 3.96. The van der Waals surface area contributed by atoms with Crippen LogP contribution in [-0.2, 0) is 0 Å². The molecule has 1 fully saturated rings.